The molecular weight excluding hydrogens is 995 g/mol. The van der Waals surface area contributed by atoms with E-state index in [2.05, 4.69) is 81.5 Å². The number of nitrogens with zero attached hydrogens (tertiary/aromatic N) is 15. The number of anilines is 2. The average Bonchev–Trinajstić information content (AvgIpc) is 4.05. The lowest BCUT2D eigenvalue weighted by Crippen LogP contribution is -2.39. The number of amides is 9. The average molecular weight is 1030 g/mol. The number of carbonyl (C=O) groups excluding carboxylic acids is 10. The second kappa shape index (κ2) is 25.6. The highest BCUT2D eigenvalue weighted by Crippen LogP contribution is 2.18. The fourth-order valence-corrected chi connectivity index (χ4v) is 6.34. The van der Waals surface area contributed by atoms with Crippen LogP contribution in [0.5, 0.6) is 0 Å². The van der Waals surface area contributed by atoms with Crippen molar-refractivity contribution >= 4 is 70.5 Å². The summed E-state index contributed by atoms with van der Waals surface area (Å²) in [5, 5.41) is 39.8. The number of nitrogens with two attached hydrogens (primary N) is 1. The summed E-state index contributed by atoms with van der Waals surface area (Å²) < 4.78 is 0. The second-order valence-electron chi connectivity index (χ2n) is 15.3. The van der Waals surface area contributed by atoms with Gasteiger partial charge >= 0.3 is 5.97 Å². The number of aromatic nitrogens is 12. The third-order valence-corrected chi connectivity index (χ3v) is 9.93. The summed E-state index contributed by atoms with van der Waals surface area (Å²) >= 11 is 0. The summed E-state index contributed by atoms with van der Waals surface area (Å²) in [5.74, 6) is -4.58. The van der Waals surface area contributed by atoms with E-state index < -0.39 is 60.2 Å². The highest BCUT2D eigenvalue weighted by atomic mass is 16.7. The molecule has 1 fully saturated rings. The van der Waals surface area contributed by atoms with Crippen molar-refractivity contribution in [3.8, 4) is 46.1 Å². The van der Waals surface area contributed by atoms with Crippen LogP contribution in [0.2, 0.25) is 0 Å². The lowest BCUT2D eigenvalue weighted by Gasteiger charge is -2.13. The van der Waals surface area contributed by atoms with Crippen LogP contribution in [-0.4, -0.2) is 161 Å². The second-order valence-corrected chi connectivity index (χ2v) is 15.3. The minimum absolute atomic E-state index is 0.0258. The zero-order valence-corrected chi connectivity index (χ0v) is 39.3. The van der Waals surface area contributed by atoms with Gasteiger partial charge in [-0.05, 0) is 48.5 Å². The van der Waals surface area contributed by atoms with Gasteiger partial charge in [-0.3, -0.25) is 72.9 Å². The van der Waals surface area contributed by atoms with Crippen LogP contribution in [0.25, 0.3) is 46.1 Å². The Labute approximate surface area is 427 Å². The van der Waals surface area contributed by atoms with Crippen molar-refractivity contribution in [2.75, 3.05) is 36.8 Å². The normalized spacial score (nSPS) is 13.5. The molecule has 9 rings (SSSR count). The number of carbonyl (C=O) groups is 10. The van der Waals surface area contributed by atoms with Crippen LogP contribution in [0.15, 0.2) is 110 Å². The maximum absolute atomic E-state index is 12.1. The van der Waals surface area contributed by atoms with Crippen LogP contribution in [0.3, 0.4) is 0 Å². The van der Waals surface area contributed by atoms with Gasteiger partial charge in [-0.25, -0.2) is 4.79 Å². The molecule has 0 spiro atoms. The van der Waals surface area contributed by atoms with Gasteiger partial charge in [0.25, 0.3) is 35.4 Å². The number of imide groups is 3. The van der Waals surface area contributed by atoms with E-state index in [0.29, 0.717) is 52.3 Å². The maximum atomic E-state index is 12.1. The standard InChI is InChI=1S/C21H17N9O4.C19H14N8O5.C6H8N2O2/c31-16(23-9-10-30-18(33)6-7-19(30)34)11-17(32)25-13-4-5-15(24-12-13)21-28-26-20(27-29-21)14-3-1-2-8-22-14;28-14(9-17(31)32-27-15(29)6-7-16(27)30)22-11-4-5-13(21-10-11)19-25-23-18(24-26-19)12-3-1-2-8-20-12;7-3-4-8-5(9)1-2-6(8)10/h1-8,12H,9-11H2,(H,23,31)(H,25,32);1-5,8,10H,6-7,9H2,(H,22,28);1-2H,3-4,7H2. The molecule has 3 aliphatic rings. The minimum atomic E-state index is -1.03. The molecule has 9 heterocycles. The topological polar surface area (TPSA) is 406 Å². The molecule has 9 amide bonds. The van der Waals surface area contributed by atoms with E-state index >= 15 is 0 Å². The van der Waals surface area contributed by atoms with Crippen molar-refractivity contribution in [3.63, 3.8) is 0 Å². The summed E-state index contributed by atoms with van der Waals surface area (Å²) in [4.78, 5) is 138. The van der Waals surface area contributed by atoms with Crippen molar-refractivity contribution in [2.45, 2.75) is 25.7 Å². The van der Waals surface area contributed by atoms with E-state index in [4.69, 9.17) is 5.73 Å². The Morgan fingerprint density at radius 3 is 1.29 bits per heavy atom. The van der Waals surface area contributed by atoms with Gasteiger partial charge in [0.15, 0.2) is 0 Å². The van der Waals surface area contributed by atoms with E-state index in [1.165, 1.54) is 36.7 Å². The van der Waals surface area contributed by atoms with E-state index in [9.17, 15) is 47.9 Å². The molecular formula is C46H39N19O11. The van der Waals surface area contributed by atoms with E-state index in [1.54, 1.807) is 60.9 Å². The molecule has 6 aromatic heterocycles. The van der Waals surface area contributed by atoms with Crippen LogP contribution >= 0.6 is 0 Å². The molecule has 384 valence electrons. The molecule has 76 heavy (non-hydrogen) atoms. The smallest absolute Gasteiger partial charge is 0.342 e. The third kappa shape index (κ3) is 14.7. The van der Waals surface area contributed by atoms with Crippen molar-refractivity contribution < 1.29 is 52.8 Å². The molecule has 0 aromatic carbocycles. The molecule has 30 heteroatoms. The first-order chi connectivity index (χ1) is 36.7. The first-order valence-electron chi connectivity index (χ1n) is 22.3. The number of hydrogen-bond acceptors (Lipinski definition) is 24. The number of nitrogens with one attached hydrogen (secondary N) is 3. The zero-order valence-electron chi connectivity index (χ0n) is 39.3. The first-order valence-corrected chi connectivity index (χ1v) is 22.3. The summed E-state index contributed by atoms with van der Waals surface area (Å²) in [6.07, 6.45) is 9.57. The van der Waals surface area contributed by atoms with Gasteiger partial charge in [0.1, 0.15) is 35.6 Å². The van der Waals surface area contributed by atoms with Crippen molar-refractivity contribution in [1.82, 2.24) is 80.9 Å². The van der Waals surface area contributed by atoms with Crippen LogP contribution in [-0.2, 0) is 52.8 Å². The quantitative estimate of drug-likeness (QED) is 0.0664. The molecule has 0 saturated carbocycles. The molecule has 0 radical (unpaired) electrons. The van der Waals surface area contributed by atoms with Crippen molar-refractivity contribution in [1.29, 1.82) is 0 Å². The highest BCUT2D eigenvalue weighted by molar-refractivity contribution is 6.13. The van der Waals surface area contributed by atoms with Gasteiger partial charge in [0.05, 0.1) is 23.8 Å². The molecule has 0 unspecified atom stereocenters. The lowest BCUT2D eigenvalue weighted by molar-refractivity contribution is -0.197. The Morgan fingerprint density at radius 1 is 0.500 bits per heavy atom. The van der Waals surface area contributed by atoms with Crippen molar-refractivity contribution in [3.05, 3.63) is 110 Å². The Kier molecular flexibility index (Phi) is 17.8. The Balaban J connectivity index is 0.000000187. The molecule has 0 aliphatic carbocycles. The van der Waals surface area contributed by atoms with E-state index in [-0.39, 0.29) is 61.0 Å². The summed E-state index contributed by atoms with van der Waals surface area (Å²) in [6, 6.07) is 16.8. The Hall–Kier alpha value is -10.8. The molecule has 3 aliphatic heterocycles. The van der Waals surface area contributed by atoms with E-state index in [0.717, 1.165) is 22.0 Å². The van der Waals surface area contributed by atoms with Gasteiger partial charge in [-0.2, -0.15) is 0 Å². The summed E-state index contributed by atoms with van der Waals surface area (Å²) in [6.45, 7) is 0.699. The molecule has 1 saturated heterocycles. The first kappa shape index (κ1) is 53.0. The highest BCUT2D eigenvalue weighted by Gasteiger charge is 2.33. The molecule has 5 N–H and O–H groups in total. The van der Waals surface area contributed by atoms with Gasteiger partial charge in [0, 0.05) is 75.7 Å². The Bertz CT molecular complexity index is 3150. The van der Waals surface area contributed by atoms with Gasteiger partial charge in [0.2, 0.25) is 41.0 Å². The number of rotatable bonds is 16. The minimum Gasteiger partial charge on any atom is -0.354 e. The van der Waals surface area contributed by atoms with Crippen LogP contribution in [0, 0.1) is 0 Å². The van der Waals surface area contributed by atoms with Gasteiger partial charge in [-0.1, -0.05) is 12.1 Å². The van der Waals surface area contributed by atoms with Gasteiger partial charge in [-0.15, -0.1) is 45.9 Å². The van der Waals surface area contributed by atoms with Crippen LogP contribution < -0.4 is 21.7 Å². The molecule has 0 atom stereocenters. The fraction of sp³-hybridized carbons (Fsp3) is 0.174. The lowest BCUT2D eigenvalue weighted by atomic mass is 10.3. The van der Waals surface area contributed by atoms with Crippen LogP contribution in [0.4, 0.5) is 11.4 Å². The number of hydroxylamine groups is 2. The van der Waals surface area contributed by atoms with Crippen molar-refractivity contribution in [2.24, 2.45) is 5.73 Å². The zero-order chi connectivity index (χ0) is 54.0. The Morgan fingerprint density at radius 2 is 0.908 bits per heavy atom. The predicted octanol–water partition coefficient (Wildman–Crippen LogP) is -1.04. The predicted molar refractivity (Wildman–Crippen MR) is 256 cm³/mol. The number of hydrogen-bond donors (Lipinski definition) is 4. The largest absolute Gasteiger partial charge is 0.354 e. The van der Waals surface area contributed by atoms with Gasteiger partial charge < -0.3 is 26.5 Å². The summed E-state index contributed by atoms with van der Waals surface area (Å²) in [5.41, 5.74) is 7.65. The summed E-state index contributed by atoms with van der Waals surface area (Å²) in [7, 11) is 0. The third-order valence-electron chi connectivity index (χ3n) is 9.93. The molecule has 30 nitrogen and oxygen atoms in total. The number of pyridine rings is 4. The fourth-order valence-electron chi connectivity index (χ4n) is 6.34. The van der Waals surface area contributed by atoms with Crippen LogP contribution in [0.1, 0.15) is 25.7 Å². The monoisotopic (exact) mass is 1030 g/mol. The molecule has 6 aromatic rings. The maximum Gasteiger partial charge on any atom is 0.342 e. The van der Waals surface area contributed by atoms with E-state index in [1.807, 2.05) is 0 Å². The SMILES string of the molecule is NCCN1C(=O)C=CC1=O.O=C(CC(=O)Nc1ccc(-c2nnc(-c3ccccn3)nn2)nc1)NCCN1C(=O)C=CC1=O.O=C(CC(=O)ON1C(=O)CCC1=O)Nc1ccc(-c2nnc(-c3ccccn3)nn2)nc1. The molecule has 0 bridgehead atoms.